The average Bonchev–Trinajstić information content (AvgIpc) is 2.43. The van der Waals surface area contributed by atoms with Crippen LogP contribution in [0.15, 0.2) is 12.1 Å². The van der Waals surface area contributed by atoms with Crippen molar-refractivity contribution in [3.05, 3.63) is 35.1 Å². The van der Waals surface area contributed by atoms with Crippen LogP contribution in [-0.4, -0.2) is 28.4 Å². The quantitative estimate of drug-likeness (QED) is 0.873. The van der Waals surface area contributed by atoms with Gasteiger partial charge < -0.3 is 10.0 Å². The molecule has 2 unspecified atom stereocenters. The van der Waals surface area contributed by atoms with Crippen molar-refractivity contribution in [2.24, 2.45) is 5.92 Å². The molecule has 1 aromatic rings. The van der Waals surface area contributed by atoms with E-state index in [2.05, 4.69) is 0 Å². The second-order valence-electron chi connectivity index (χ2n) is 4.91. The zero-order chi connectivity index (χ0) is 15.7. The Morgan fingerprint density at radius 1 is 1.33 bits per heavy atom. The Bertz CT molecular complexity index is 566. The Morgan fingerprint density at radius 2 is 1.90 bits per heavy atom. The minimum Gasteiger partial charge on any atom is -0.481 e. The Balaban J connectivity index is 2.53. The van der Waals surface area contributed by atoms with Crippen LogP contribution >= 0.6 is 0 Å². The number of hydrogen-bond acceptors (Lipinski definition) is 2. The van der Waals surface area contributed by atoms with E-state index in [9.17, 15) is 27.9 Å². The number of likely N-dealkylation sites (tertiary alicyclic amines) is 1. The van der Waals surface area contributed by atoms with E-state index < -0.39 is 35.4 Å². The van der Waals surface area contributed by atoms with E-state index in [1.54, 1.807) is 6.92 Å². The molecule has 0 bridgehead atoms. The minimum absolute atomic E-state index is 0.0475. The first-order chi connectivity index (χ1) is 9.86. The largest absolute Gasteiger partial charge is 0.481 e. The van der Waals surface area contributed by atoms with E-state index in [1.807, 2.05) is 0 Å². The molecule has 114 valence electrons. The monoisotopic (exact) mass is 301 g/mol. The van der Waals surface area contributed by atoms with Crippen LogP contribution in [0.2, 0.25) is 0 Å². The molecule has 2 rings (SSSR count). The predicted molar refractivity (Wildman–Crippen MR) is 66.8 cm³/mol. The molecule has 0 radical (unpaired) electrons. The number of amides is 1. The van der Waals surface area contributed by atoms with E-state index >= 15 is 0 Å². The number of rotatable bonds is 3. The summed E-state index contributed by atoms with van der Waals surface area (Å²) in [6.07, 6.45) is 0.142. The van der Waals surface area contributed by atoms with Crippen LogP contribution in [0.3, 0.4) is 0 Å². The van der Waals surface area contributed by atoms with Crippen LogP contribution in [0.4, 0.5) is 13.2 Å². The molecule has 1 N–H and O–H groups in total. The first-order valence-corrected chi connectivity index (χ1v) is 6.53. The van der Waals surface area contributed by atoms with Crippen molar-refractivity contribution in [3.63, 3.8) is 0 Å². The molecule has 1 saturated heterocycles. The number of carboxylic acids is 1. The number of nitrogens with zero attached hydrogens (tertiary/aromatic N) is 1. The van der Waals surface area contributed by atoms with Crippen molar-refractivity contribution in [2.75, 3.05) is 6.54 Å². The van der Waals surface area contributed by atoms with Crippen LogP contribution in [0, 0.1) is 23.4 Å². The van der Waals surface area contributed by atoms with E-state index in [0.717, 1.165) is 12.1 Å². The van der Waals surface area contributed by atoms with Crippen molar-refractivity contribution >= 4 is 11.9 Å². The highest BCUT2D eigenvalue weighted by Crippen LogP contribution is 2.37. The second kappa shape index (κ2) is 5.75. The highest BCUT2D eigenvalue weighted by molar-refractivity contribution is 5.81. The SMILES string of the molecule is CCN1C(=O)CCC(C(=O)O)C1c1cc(F)c(F)c(F)c1. The van der Waals surface area contributed by atoms with Crippen molar-refractivity contribution in [1.29, 1.82) is 0 Å². The Labute approximate surface area is 119 Å². The molecule has 0 aliphatic carbocycles. The van der Waals surface area contributed by atoms with Crippen molar-refractivity contribution in [1.82, 2.24) is 4.90 Å². The van der Waals surface area contributed by atoms with Gasteiger partial charge in [-0.1, -0.05) is 0 Å². The number of halogens is 3. The lowest BCUT2D eigenvalue weighted by Gasteiger charge is -2.39. The van der Waals surface area contributed by atoms with Gasteiger partial charge in [0.15, 0.2) is 17.5 Å². The van der Waals surface area contributed by atoms with Gasteiger partial charge >= 0.3 is 5.97 Å². The van der Waals surface area contributed by atoms with Crippen LogP contribution in [-0.2, 0) is 9.59 Å². The molecule has 1 heterocycles. The molecule has 1 aliphatic heterocycles. The van der Waals surface area contributed by atoms with Gasteiger partial charge in [0.1, 0.15) is 0 Å². The van der Waals surface area contributed by atoms with Crippen LogP contribution in [0.25, 0.3) is 0 Å². The number of aliphatic carboxylic acids is 1. The third-order valence-electron chi connectivity index (χ3n) is 3.71. The highest BCUT2D eigenvalue weighted by Gasteiger charge is 2.40. The smallest absolute Gasteiger partial charge is 0.308 e. The second-order valence-corrected chi connectivity index (χ2v) is 4.91. The van der Waals surface area contributed by atoms with Gasteiger partial charge in [0.2, 0.25) is 5.91 Å². The fourth-order valence-corrected chi connectivity index (χ4v) is 2.74. The molecule has 1 fully saturated rings. The molecular weight excluding hydrogens is 287 g/mol. The number of hydrogen-bond donors (Lipinski definition) is 1. The summed E-state index contributed by atoms with van der Waals surface area (Å²) in [6, 6.07) is 0.499. The number of carboxylic acid groups (broad SMARTS) is 1. The summed E-state index contributed by atoms with van der Waals surface area (Å²) >= 11 is 0. The van der Waals surface area contributed by atoms with E-state index in [4.69, 9.17) is 0 Å². The maximum atomic E-state index is 13.4. The molecule has 7 heteroatoms. The molecule has 4 nitrogen and oxygen atoms in total. The summed E-state index contributed by atoms with van der Waals surface area (Å²) in [5.74, 6) is -6.84. The maximum absolute atomic E-state index is 13.4. The number of benzene rings is 1. The molecule has 0 spiro atoms. The lowest BCUT2D eigenvalue weighted by molar-refractivity contribution is -0.151. The fourth-order valence-electron chi connectivity index (χ4n) is 2.74. The summed E-state index contributed by atoms with van der Waals surface area (Å²) in [4.78, 5) is 24.5. The first kappa shape index (κ1) is 15.3. The Hall–Kier alpha value is -2.05. The topological polar surface area (TPSA) is 57.6 Å². The Kier molecular flexibility index (Phi) is 4.20. The molecule has 1 aromatic carbocycles. The number of piperidine rings is 1. The van der Waals surface area contributed by atoms with Gasteiger partial charge in [0, 0.05) is 13.0 Å². The minimum atomic E-state index is -1.61. The van der Waals surface area contributed by atoms with Gasteiger partial charge in [-0.15, -0.1) is 0 Å². The highest BCUT2D eigenvalue weighted by atomic mass is 19.2. The molecular formula is C14H14F3NO3. The Morgan fingerprint density at radius 3 is 2.38 bits per heavy atom. The molecule has 1 amide bonds. The van der Waals surface area contributed by atoms with E-state index in [1.165, 1.54) is 4.90 Å². The third kappa shape index (κ3) is 2.72. The third-order valence-corrected chi connectivity index (χ3v) is 3.71. The van der Waals surface area contributed by atoms with Gasteiger partial charge in [0.25, 0.3) is 0 Å². The summed E-state index contributed by atoms with van der Waals surface area (Å²) in [5, 5.41) is 9.26. The van der Waals surface area contributed by atoms with Gasteiger partial charge in [-0.2, -0.15) is 0 Å². The first-order valence-electron chi connectivity index (χ1n) is 6.53. The van der Waals surface area contributed by atoms with Crippen molar-refractivity contribution < 1.29 is 27.9 Å². The predicted octanol–water partition coefficient (Wildman–Crippen LogP) is 2.49. The molecule has 0 saturated carbocycles. The van der Waals surface area contributed by atoms with Crippen LogP contribution in [0.5, 0.6) is 0 Å². The van der Waals surface area contributed by atoms with Gasteiger partial charge in [-0.25, -0.2) is 13.2 Å². The maximum Gasteiger partial charge on any atom is 0.308 e. The van der Waals surface area contributed by atoms with Gasteiger partial charge in [-0.05, 0) is 31.0 Å². The molecule has 2 atom stereocenters. The fraction of sp³-hybridized carbons (Fsp3) is 0.429. The van der Waals surface area contributed by atoms with Crippen molar-refractivity contribution in [3.8, 4) is 0 Å². The van der Waals surface area contributed by atoms with Crippen LogP contribution < -0.4 is 0 Å². The summed E-state index contributed by atoms with van der Waals surface area (Å²) in [7, 11) is 0. The summed E-state index contributed by atoms with van der Waals surface area (Å²) in [5.41, 5.74) is -0.0475. The van der Waals surface area contributed by atoms with E-state index in [0.29, 0.717) is 0 Å². The molecule has 0 aromatic heterocycles. The lowest BCUT2D eigenvalue weighted by atomic mass is 9.84. The number of carbonyl (C=O) groups excluding carboxylic acids is 1. The zero-order valence-corrected chi connectivity index (χ0v) is 11.3. The van der Waals surface area contributed by atoms with Crippen molar-refractivity contribution in [2.45, 2.75) is 25.8 Å². The zero-order valence-electron chi connectivity index (χ0n) is 11.3. The normalized spacial score (nSPS) is 22.5. The summed E-state index contributed by atoms with van der Waals surface area (Å²) < 4.78 is 39.8. The molecule has 1 aliphatic rings. The van der Waals surface area contributed by atoms with Crippen LogP contribution in [0.1, 0.15) is 31.4 Å². The number of carbonyl (C=O) groups is 2. The van der Waals surface area contributed by atoms with E-state index in [-0.39, 0.29) is 30.9 Å². The van der Waals surface area contributed by atoms with Gasteiger partial charge in [0.05, 0.1) is 12.0 Å². The summed E-state index contributed by atoms with van der Waals surface area (Å²) in [6.45, 7) is 1.85. The molecule has 21 heavy (non-hydrogen) atoms. The average molecular weight is 301 g/mol. The standard InChI is InChI=1S/C14H14F3NO3/c1-2-18-11(19)4-3-8(14(20)21)13(18)7-5-9(15)12(17)10(16)6-7/h5-6,8,13H,2-4H2,1H3,(H,20,21). The van der Waals surface area contributed by atoms with Gasteiger partial charge in [-0.3, -0.25) is 9.59 Å². The lowest BCUT2D eigenvalue weighted by Crippen LogP contribution is -2.45.